The summed E-state index contributed by atoms with van der Waals surface area (Å²) < 4.78 is 0. The SMILES string of the molecule is CCC(=O)N1CC(N=C(N)N)C1. The molecule has 1 aliphatic heterocycles. The second-order valence-corrected chi connectivity index (χ2v) is 2.86. The molecule has 1 fully saturated rings. The van der Waals surface area contributed by atoms with E-state index in [2.05, 4.69) is 4.99 Å². The Kier molecular flexibility index (Phi) is 2.52. The molecule has 0 radical (unpaired) electrons. The van der Waals surface area contributed by atoms with Crippen molar-refractivity contribution in [3.63, 3.8) is 0 Å². The zero-order chi connectivity index (χ0) is 9.14. The maximum atomic E-state index is 11.0. The number of amides is 1. The van der Waals surface area contributed by atoms with Gasteiger partial charge in [0.05, 0.1) is 6.04 Å². The Morgan fingerprint density at radius 3 is 2.58 bits per heavy atom. The van der Waals surface area contributed by atoms with Gasteiger partial charge in [-0.05, 0) is 0 Å². The lowest BCUT2D eigenvalue weighted by Gasteiger charge is -2.36. The van der Waals surface area contributed by atoms with Crippen molar-refractivity contribution in [1.29, 1.82) is 0 Å². The van der Waals surface area contributed by atoms with E-state index in [1.807, 2.05) is 6.92 Å². The summed E-state index contributed by atoms with van der Waals surface area (Å²) in [6.07, 6.45) is 0.550. The van der Waals surface area contributed by atoms with Crippen LogP contribution >= 0.6 is 0 Å². The van der Waals surface area contributed by atoms with Crippen LogP contribution in [0, 0.1) is 0 Å². The Balaban J connectivity index is 2.29. The van der Waals surface area contributed by atoms with Gasteiger partial charge in [-0.1, -0.05) is 6.92 Å². The van der Waals surface area contributed by atoms with E-state index >= 15 is 0 Å². The topological polar surface area (TPSA) is 84.7 Å². The van der Waals surface area contributed by atoms with Crippen molar-refractivity contribution in [3.05, 3.63) is 0 Å². The molecule has 12 heavy (non-hydrogen) atoms. The molecule has 1 saturated heterocycles. The molecule has 0 bridgehead atoms. The fourth-order valence-corrected chi connectivity index (χ4v) is 1.18. The first-order chi connectivity index (χ1) is 5.63. The quantitative estimate of drug-likeness (QED) is 0.406. The van der Waals surface area contributed by atoms with Gasteiger partial charge in [0.15, 0.2) is 5.96 Å². The highest BCUT2D eigenvalue weighted by Gasteiger charge is 2.28. The number of aliphatic imine (C=N–C) groups is 1. The molecular weight excluding hydrogens is 156 g/mol. The lowest BCUT2D eigenvalue weighted by atomic mass is 10.1. The monoisotopic (exact) mass is 170 g/mol. The van der Waals surface area contributed by atoms with Gasteiger partial charge in [0.1, 0.15) is 0 Å². The third kappa shape index (κ3) is 1.87. The molecule has 1 aliphatic rings. The minimum Gasteiger partial charge on any atom is -0.370 e. The van der Waals surface area contributed by atoms with Crippen LogP contribution < -0.4 is 11.5 Å². The average molecular weight is 170 g/mol. The summed E-state index contributed by atoms with van der Waals surface area (Å²) in [4.78, 5) is 16.7. The number of rotatable bonds is 2. The summed E-state index contributed by atoms with van der Waals surface area (Å²) in [7, 11) is 0. The number of hydrogen-bond donors (Lipinski definition) is 2. The smallest absolute Gasteiger partial charge is 0.222 e. The molecule has 0 spiro atoms. The predicted octanol–water partition coefficient (Wildman–Crippen LogP) is -1.12. The first-order valence-electron chi connectivity index (χ1n) is 4.00. The molecule has 0 aliphatic carbocycles. The standard InChI is InChI=1S/C7H14N4O/c1-2-6(12)11-3-5(4-11)10-7(8)9/h5H,2-4H2,1H3,(H4,8,9,10). The van der Waals surface area contributed by atoms with Crippen molar-refractivity contribution in [1.82, 2.24) is 4.90 Å². The highest BCUT2D eigenvalue weighted by atomic mass is 16.2. The Bertz CT molecular complexity index is 203. The average Bonchev–Trinajstić information content (AvgIpc) is 1.94. The number of carbonyl (C=O) groups is 1. The lowest BCUT2D eigenvalue weighted by Crippen LogP contribution is -2.53. The summed E-state index contributed by atoms with van der Waals surface area (Å²) >= 11 is 0. The minimum absolute atomic E-state index is 0.101. The van der Waals surface area contributed by atoms with Gasteiger partial charge in [0, 0.05) is 19.5 Å². The van der Waals surface area contributed by atoms with Crippen molar-refractivity contribution in [3.8, 4) is 0 Å². The molecule has 4 N–H and O–H groups in total. The second kappa shape index (κ2) is 3.42. The number of nitrogens with zero attached hydrogens (tertiary/aromatic N) is 2. The van der Waals surface area contributed by atoms with Crippen LogP contribution in [-0.2, 0) is 4.79 Å². The van der Waals surface area contributed by atoms with E-state index in [9.17, 15) is 4.79 Å². The lowest BCUT2D eigenvalue weighted by molar-refractivity contribution is -0.135. The third-order valence-corrected chi connectivity index (χ3v) is 1.85. The molecule has 5 nitrogen and oxygen atoms in total. The van der Waals surface area contributed by atoms with Crippen molar-refractivity contribution >= 4 is 11.9 Å². The first-order valence-corrected chi connectivity index (χ1v) is 4.00. The van der Waals surface area contributed by atoms with E-state index in [1.165, 1.54) is 0 Å². The fraction of sp³-hybridized carbons (Fsp3) is 0.714. The molecule has 0 aromatic carbocycles. The second-order valence-electron chi connectivity index (χ2n) is 2.86. The van der Waals surface area contributed by atoms with Crippen LogP contribution in [0.3, 0.4) is 0 Å². The zero-order valence-corrected chi connectivity index (χ0v) is 7.16. The van der Waals surface area contributed by atoms with Gasteiger partial charge in [0.25, 0.3) is 0 Å². The van der Waals surface area contributed by atoms with Crippen LogP contribution in [0.5, 0.6) is 0 Å². The summed E-state index contributed by atoms with van der Waals surface area (Å²) in [6.45, 7) is 3.16. The van der Waals surface area contributed by atoms with Crippen LogP contribution in [0.4, 0.5) is 0 Å². The van der Waals surface area contributed by atoms with E-state index < -0.39 is 0 Å². The van der Waals surface area contributed by atoms with Crippen LogP contribution in [0.15, 0.2) is 4.99 Å². The predicted molar refractivity (Wildman–Crippen MR) is 46.5 cm³/mol. The highest BCUT2D eigenvalue weighted by Crippen LogP contribution is 2.12. The van der Waals surface area contributed by atoms with Gasteiger partial charge in [-0.15, -0.1) is 0 Å². The summed E-state index contributed by atoms with van der Waals surface area (Å²) in [5.74, 6) is 0.264. The molecule has 0 atom stereocenters. The molecule has 0 aromatic rings. The summed E-state index contributed by atoms with van der Waals surface area (Å²) in [5.41, 5.74) is 10.4. The van der Waals surface area contributed by atoms with E-state index in [-0.39, 0.29) is 17.9 Å². The largest absolute Gasteiger partial charge is 0.370 e. The Morgan fingerprint density at radius 2 is 2.17 bits per heavy atom. The number of nitrogens with two attached hydrogens (primary N) is 2. The van der Waals surface area contributed by atoms with Gasteiger partial charge < -0.3 is 16.4 Å². The number of guanidine groups is 1. The highest BCUT2D eigenvalue weighted by molar-refractivity contribution is 5.78. The summed E-state index contributed by atoms with van der Waals surface area (Å²) in [6, 6.07) is 0.116. The molecule has 0 unspecified atom stereocenters. The van der Waals surface area contributed by atoms with Gasteiger partial charge in [-0.3, -0.25) is 4.79 Å². The molecule has 0 saturated carbocycles. The molecule has 1 heterocycles. The van der Waals surface area contributed by atoms with Gasteiger partial charge in [-0.25, -0.2) is 4.99 Å². The van der Waals surface area contributed by atoms with E-state index in [4.69, 9.17) is 11.5 Å². The van der Waals surface area contributed by atoms with Crippen LogP contribution in [-0.4, -0.2) is 35.9 Å². The maximum Gasteiger partial charge on any atom is 0.222 e. The van der Waals surface area contributed by atoms with Crippen molar-refractivity contribution < 1.29 is 4.79 Å². The minimum atomic E-state index is 0.101. The molecule has 1 rings (SSSR count). The summed E-state index contributed by atoms with van der Waals surface area (Å²) in [5, 5.41) is 0. The Morgan fingerprint density at radius 1 is 1.58 bits per heavy atom. The number of likely N-dealkylation sites (tertiary alicyclic amines) is 1. The first kappa shape index (κ1) is 8.83. The Labute approximate surface area is 71.4 Å². The van der Waals surface area contributed by atoms with Gasteiger partial charge >= 0.3 is 0 Å². The molecule has 5 heteroatoms. The number of carbonyl (C=O) groups excluding carboxylic acids is 1. The van der Waals surface area contributed by atoms with Crippen LogP contribution in [0.2, 0.25) is 0 Å². The van der Waals surface area contributed by atoms with Gasteiger partial charge in [0.2, 0.25) is 5.91 Å². The van der Waals surface area contributed by atoms with Crippen LogP contribution in [0.25, 0.3) is 0 Å². The van der Waals surface area contributed by atoms with Crippen LogP contribution in [0.1, 0.15) is 13.3 Å². The van der Waals surface area contributed by atoms with Gasteiger partial charge in [-0.2, -0.15) is 0 Å². The zero-order valence-electron chi connectivity index (χ0n) is 7.16. The Hall–Kier alpha value is -1.26. The van der Waals surface area contributed by atoms with E-state index in [0.29, 0.717) is 19.5 Å². The normalized spacial score (nSPS) is 16.9. The van der Waals surface area contributed by atoms with Crippen molar-refractivity contribution in [2.75, 3.05) is 13.1 Å². The molecule has 0 aromatic heterocycles. The molecule has 1 amide bonds. The third-order valence-electron chi connectivity index (χ3n) is 1.85. The molecular formula is C7H14N4O. The molecule has 68 valence electrons. The van der Waals surface area contributed by atoms with Crippen molar-refractivity contribution in [2.24, 2.45) is 16.5 Å². The van der Waals surface area contributed by atoms with Crippen molar-refractivity contribution in [2.45, 2.75) is 19.4 Å². The maximum absolute atomic E-state index is 11.0. The van der Waals surface area contributed by atoms with E-state index in [0.717, 1.165) is 0 Å². The van der Waals surface area contributed by atoms with E-state index in [1.54, 1.807) is 4.90 Å². The fourth-order valence-electron chi connectivity index (χ4n) is 1.18. The number of hydrogen-bond acceptors (Lipinski definition) is 2.